The molecule has 3 rings (SSSR count). The molecule has 2 aromatic rings. The lowest BCUT2D eigenvalue weighted by molar-refractivity contribution is 0.322. The lowest BCUT2D eigenvalue weighted by atomic mass is 10.1. The Bertz CT molecular complexity index is 678. The molecule has 20 heavy (non-hydrogen) atoms. The highest BCUT2D eigenvalue weighted by Gasteiger charge is 2.20. The molecular weight excluding hydrogens is 255 g/mol. The van der Waals surface area contributed by atoms with Crippen molar-refractivity contribution < 1.29 is 9.13 Å². The van der Waals surface area contributed by atoms with Crippen LogP contribution in [0.3, 0.4) is 0 Å². The Morgan fingerprint density at radius 3 is 2.80 bits per heavy atom. The SMILES string of the molecule is N#Cc1ccc(N2CCCOc3ccccc32)c(F)c1. The number of rotatable bonds is 1. The van der Waals surface area contributed by atoms with E-state index >= 15 is 0 Å². The van der Waals surface area contributed by atoms with Gasteiger partial charge in [-0.1, -0.05) is 12.1 Å². The van der Waals surface area contributed by atoms with E-state index in [2.05, 4.69) is 0 Å². The number of nitriles is 1. The van der Waals surface area contributed by atoms with Crippen molar-refractivity contribution in [3.05, 3.63) is 53.8 Å². The van der Waals surface area contributed by atoms with Crippen LogP contribution in [0.25, 0.3) is 0 Å². The van der Waals surface area contributed by atoms with Gasteiger partial charge < -0.3 is 9.64 Å². The molecule has 4 heteroatoms. The van der Waals surface area contributed by atoms with Crippen LogP contribution in [-0.2, 0) is 0 Å². The summed E-state index contributed by atoms with van der Waals surface area (Å²) in [5, 5.41) is 8.82. The van der Waals surface area contributed by atoms with Crippen LogP contribution >= 0.6 is 0 Å². The summed E-state index contributed by atoms with van der Waals surface area (Å²) in [7, 11) is 0. The smallest absolute Gasteiger partial charge is 0.148 e. The van der Waals surface area contributed by atoms with Crippen molar-refractivity contribution in [2.75, 3.05) is 18.1 Å². The zero-order valence-electron chi connectivity index (χ0n) is 10.8. The number of fused-ring (bicyclic) bond motifs is 1. The zero-order chi connectivity index (χ0) is 13.9. The normalized spacial score (nSPS) is 13.9. The number of ether oxygens (including phenoxy) is 1. The van der Waals surface area contributed by atoms with Gasteiger partial charge in [0.1, 0.15) is 11.6 Å². The fraction of sp³-hybridized carbons (Fsp3) is 0.188. The van der Waals surface area contributed by atoms with Crippen LogP contribution in [0.2, 0.25) is 0 Å². The molecule has 2 aromatic carbocycles. The predicted molar refractivity (Wildman–Crippen MR) is 74.7 cm³/mol. The Labute approximate surface area is 116 Å². The molecule has 0 amide bonds. The first-order valence-electron chi connectivity index (χ1n) is 6.48. The van der Waals surface area contributed by atoms with Gasteiger partial charge >= 0.3 is 0 Å². The van der Waals surface area contributed by atoms with Gasteiger partial charge in [-0.15, -0.1) is 0 Å². The number of para-hydroxylation sites is 2. The standard InChI is InChI=1S/C16H13FN2O/c17-13-10-12(11-18)6-7-14(13)19-8-3-9-20-16-5-2-1-4-15(16)19/h1-2,4-7,10H,3,8-9H2. The molecule has 0 fully saturated rings. The third kappa shape index (κ3) is 2.19. The second-order valence-electron chi connectivity index (χ2n) is 4.60. The summed E-state index contributed by atoms with van der Waals surface area (Å²) in [6, 6.07) is 14.1. The van der Waals surface area contributed by atoms with Crippen molar-refractivity contribution >= 4 is 11.4 Å². The summed E-state index contributed by atoms with van der Waals surface area (Å²) in [4.78, 5) is 1.90. The van der Waals surface area contributed by atoms with Gasteiger partial charge in [0.2, 0.25) is 0 Å². The van der Waals surface area contributed by atoms with Gasteiger partial charge in [0, 0.05) is 6.54 Å². The Hall–Kier alpha value is -2.54. The average molecular weight is 268 g/mol. The monoisotopic (exact) mass is 268 g/mol. The fourth-order valence-corrected chi connectivity index (χ4v) is 2.37. The van der Waals surface area contributed by atoms with E-state index in [4.69, 9.17) is 10.00 Å². The molecule has 0 N–H and O–H groups in total. The van der Waals surface area contributed by atoms with Crippen LogP contribution in [0, 0.1) is 17.1 Å². The number of hydrogen-bond donors (Lipinski definition) is 0. The van der Waals surface area contributed by atoms with Gasteiger partial charge in [-0.2, -0.15) is 5.26 Å². The molecule has 0 saturated heterocycles. The lowest BCUT2D eigenvalue weighted by Gasteiger charge is -2.24. The quantitative estimate of drug-likeness (QED) is 0.792. The largest absolute Gasteiger partial charge is 0.491 e. The van der Waals surface area contributed by atoms with E-state index in [9.17, 15) is 4.39 Å². The number of benzene rings is 2. The predicted octanol–water partition coefficient (Wildman–Crippen LogP) is 3.62. The maximum Gasteiger partial charge on any atom is 0.148 e. The Balaban J connectivity index is 2.08. The molecule has 100 valence electrons. The first-order chi connectivity index (χ1) is 9.79. The molecule has 0 unspecified atom stereocenters. The molecule has 0 spiro atoms. The van der Waals surface area contributed by atoms with Gasteiger partial charge in [0.15, 0.2) is 0 Å². The third-order valence-corrected chi connectivity index (χ3v) is 3.31. The van der Waals surface area contributed by atoms with Crippen LogP contribution in [-0.4, -0.2) is 13.2 Å². The molecular formula is C16H13FN2O. The summed E-state index contributed by atoms with van der Waals surface area (Å²) < 4.78 is 19.9. The Kier molecular flexibility index (Phi) is 3.26. The molecule has 0 aromatic heterocycles. The molecule has 1 heterocycles. The molecule has 0 radical (unpaired) electrons. The second kappa shape index (κ2) is 5.22. The minimum atomic E-state index is -0.388. The topological polar surface area (TPSA) is 36.3 Å². The van der Waals surface area contributed by atoms with Crippen molar-refractivity contribution in [3.8, 4) is 11.8 Å². The van der Waals surface area contributed by atoms with Gasteiger partial charge in [-0.25, -0.2) is 4.39 Å². The molecule has 1 aliphatic heterocycles. The van der Waals surface area contributed by atoms with Crippen molar-refractivity contribution in [1.82, 2.24) is 0 Å². The van der Waals surface area contributed by atoms with Gasteiger partial charge in [-0.3, -0.25) is 0 Å². The maximum absolute atomic E-state index is 14.2. The molecule has 0 aliphatic carbocycles. The van der Waals surface area contributed by atoms with E-state index in [0.29, 0.717) is 24.4 Å². The summed E-state index contributed by atoms with van der Waals surface area (Å²) in [5.74, 6) is 0.370. The minimum Gasteiger partial charge on any atom is -0.491 e. The summed E-state index contributed by atoms with van der Waals surface area (Å²) in [6.07, 6.45) is 0.814. The van der Waals surface area contributed by atoms with Crippen LogP contribution in [0.4, 0.5) is 15.8 Å². The number of anilines is 2. The molecule has 1 aliphatic rings. The summed E-state index contributed by atoms with van der Waals surface area (Å²) in [5.41, 5.74) is 1.65. The summed E-state index contributed by atoms with van der Waals surface area (Å²) in [6.45, 7) is 1.30. The van der Waals surface area contributed by atoms with Crippen LogP contribution < -0.4 is 9.64 Å². The van der Waals surface area contributed by atoms with E-state index in [0.717, 1.165) is 17.9 Å². The van der Waals surface area contributed by atoms with Crippen LogP contribution in [0.5, 0.6) is 5.75 Å². The lowest BCUT2D eigenvalue weighted by Crippen LogP contribution is -2.18. The van der Waals surface area contributed by atoms with Crippen LogP contribution in [0.15, 0.2) is 42.5 Å². The van der Waals surface area contributed by atoms with Crippen LogP contribution in [0.1, 0.15) is 12.0 Å². The zero-order valence-corrected chi connectivity index (χ0v) is 10.8. The second-order valence-corrected chi connectivity index (χ2v) is 4.60. The van der Waals surface area contributed by atoms with Crippen molar-refractivity contribution in [3.63, 3.8) is 0 Å². The Morgan fingerprint density at radius 2 is 2.00 bits per heavy atom. The van der Waals surface area contributed by atoms with E-state index < -0.39 is 0 Å². The Morgan fingerprint density at radius 1 is 1.15 bits per heavy atom. The molecule has 0 saturated carbocycles. The van der Waals surface area contributed by atoms with E-state index in [1.165, 1.54) is 6.07 Å². The molecule has 0 bridgehead atoms. The fourth-order valence-electron chi connectivity index (χ4n) is 2.37. The molecule has 0 atom stereocenters. The van der Waals surface area contributed by atoms with E-state index in [-0.39, 0.29) is 5.82 Å². The van der Waals surface area contributed by atoms with Crippen molar-refractivity contribution in [1.29, 1.82) is 5.26 Å². The van der Waals surface area contributed by atoms with Gasteiger partial charge in [0.25, 0.3) is 0 Å². The van der Waals surface area contributed by atoms with E-state index in [1.807, 2.05) is 35.2 Å². The molecule has 3 nitrogen and oxygen atoms in total. The number of hydrogen-bond acceptors (Lipinski definition) is 3. The highest BCUT2D eigenvalue weighted by molar-refractivity contribution is 5.70. The number of halogens is 1. The summed E-state index contributed by atoms with van der Waals surface area (Å²) >= 11 is 0. The minimum absolute atomic E-state index is 0.325. The van der Waals surface area contributed by atoms with Gasteiger partial charge in [-0.05, 0) is 36.8 Å². The van der Waals surface area contributed by atoms with E-state index in [1.54, 1.807) is 12.1 Å². The van der Waals surface area contributed by atoms with Gasteiger partial charge in [0.05, 0.1) is 29.6 Å². The average Bonchev–Trinajstić information content (AvgIpc) is 2.69. The van der Waals surface area contributed by atoms with Crippen molar-refractivity contribution in [2.45, 2.75) is 6.42 Å². The maximum atomic E-state index is 14.2. The third-order valence-electron chi connectivity index (χ3n) is 3.31. The first-order valence-corrected chi connectivity index (χ1v) is 6.48. The first kappa shape index (κ1) is 12.5. The number of nitrogens with zero attached hydrogens (tertiary/aromatic N) is 2. The highest BCUT2D eigenvalue weighted by atomic mass is 19.1. The highest BCUT2D eigenvalue weighted by Crippen LogP contribution is 2.36. The van der Waals surface area contributed by atoms with Crippen molar-refractivity contribution in [2.24, 2.45) is 0 Å².